The normalized spacial score (nSPS) is 14.4. The molecule has 0 unspecified atom stereocenters. The number of benzene rings is 3. The Labute approximate surface area is 211 Å². The van der Waals surface area contributed by atoms with Crippen LogP contribution in [-0.2, 0) is 21.2 Å². The zero-order valence-electron chi connectivity index (χ0n) is 19.5. The van der Waals surface area contributed by atoms with E-state index >= 15 is 0 Å². The largest absolute Gasteiger partial charge is 0.321 e. The first-order valence-electron chi connectivity index (χ1n) is 11.5. The first-order chi connectivity index (χ1) is 16.9. The zero-order valence-corrected chi connectivity index (χ0v) is 21.1. The van der Waals surface area contributed by atoms with Gasteiger partial charge in [0.25, 0.3) is 15.9 Å². The van der Waals surface area contributed by atoms with E-state index in [1.165, 1.54) is 15.9 Å². The second-order valence-corrected chi connectivity index (χ2v) is 10.5. The molecule has 180 valence electrons. The van der Waals surface area contributed by atoms with Gasteiger partial charge in [-0.1, -0.05) is 73.5 Å². The van der Waals surface area contributed by atoms with Gasteiger partial charge in [0.15, 0.2) is 4.91 Å². The summed E-state index contributed by atoms with van der Waals surface area (Å²) in [5.41, 5.74) is 3.64. The van der Waals surface area contributed by atoms with Crippen LogP contribution in [0.3, 0.4) is 0 Å². The van der Waals surface area contributed by atoms with E-state index < -0.39 is 15.9 Å². The molecule has 0 aliphatic carbocycles. The molecule has 1 aliphatic rings. The summed E-state index contributed by atoms with van der Waals surface area (Å²) in [7, 11) is -4.20. The number of hydrogen-bond acceptors (Lipinski definition) is 3. The van der Waals surface area contributed by atoms with Crippen molar-refractivity contribution in [2.24, 2.45) is 0 Å². The average Bonchev–Trinajstić information content (AvgIpc) is 2.85. The molecule has 1 heterocycles. The van der Waals surface area contributed by atoms with E-state index in [2.05, 4.69) is 18.8 Å². The minimum atomic E-state index is -4.20. The number of carbonyl (C=O) groups excluding carboxylic acids is 1. The van der Waals surface area contributed by atoms with E-state index in [0.717, 1.165) is 19.3 Å². The highest BCUT2D eigenvalue weighted by atomic mass is 35.5. The molecule has 0 atom stereocenters. The lowest BCUT2D eigenvalue weighted by Gasteiger charge is -2.33. The molecule has 3 aromatic carbocycles. The van der Waals surface area contributed by atoms with Crippen LogP contribution in [0.5, 0.6) is 0 Å². The molecule has 0 bridgehead atoms. The minimum absolute atomic E-state index is 0.0158. The molecular formula is C28H27ClN2O3S. The molecule has 0 saturated heterocycles. The van der Waals surface area contributed by atoms with Gasteiger partial charge in [0.05, 0.1) is 12.2 Å². The van der Waals surface area contributed by atoms with Crippen LogP contribution in [0.15, 0.2) is 90.4 Å². The first-order valence-corrected chi connectivity index (χ1v) is 13.3. The van der Waals surface area contributed by atoms with Crippen molar-refractivity contribution in [2.75, 3.05) is 16.2 Å². The Bertz CT molecular complexity index is 1380. The Hall–Kier alpha value is -3.35. The molecule has 7 heteroatoms. The third kappa shape index (κ3) is 5.04. The number of amides is 1. The van der Waals surface area contributed by atoms with Gasteiger partial charge in [-0.05, 0) is 54.3 Å². The number of nitrogens with zero attached hydrogens (tertiary/aromatic N) is 1. The van der Waals surface area contributed by atoms with Gasteiger partial charge in [0.2, 0.25) is 0 Å². The monoisotopic (exact) mass is 506 g/mol. The standard InChI is InChI=1S/C28H27ClN2O3S/c1-3-5-9-20-12-15-23(16-13-20)30-28(32)27-26(21-10-7-6-8-11-21)24-19-22(29)14-17-25(24)31(18-4-2)35(27,33)34/h4,6-8,10-17,19H,2-3,5,9,18H2,1H3,(H,30,32). The minimum Gasteiger partial charge on any atom is -0.321 e. The molecule has 1 N–H and O–H groups in total. The summed E-state index contributed by atoms with van der Waals surface area (Å²) < 4.78 is 28.9. The third-order valence-corrected chi connectivity index (χ3v) is 7.93. The van der Waals surface area contributed by atoms with Gasteiger partial charge in [-0.25, -0.2) is 8.42 Å². The summed E-state index contributed by atoms with van der Waals surface area (Å²) >= 11 is 6.32. The second-order valence-electron chi connectivity index (χ2n) is 8.31. The highest BCUT2D eigenvalue weighted by molar-refractivity contribution is 7.97. The highest BCUT2D eigenvalue weighted by Gasteiger charge is 2.41. The molecule has 0 spiro atoms. The molecule has 3 aromatic rings. The van der Waals surface area contributed by atoms with E-state index in [4.69, 9.17) is 11.6 Å². The van der Waals surface area contributed by atoms with Crippen LogP contribution in [0, 0.1) is 0 Å². The molecule has 0 radical (unpaired) electrons. The highest BCUT2D eigenvalue weighted by Crippen LogP contribution is 2.44. The summed E-state index contributed by atoms with van der Waals surface area (Å²) in [5, 5.41) is 3.24. The maximum absolute atomic E-state index is 13.9. The Morgan fingerprint density at radius 1 is 1.06 bits per heavy atom. The van der Waals surface area contributed by atoms with Crippen LogP contribution >= 0.6 is 11.6 Å². The average molecular weight is 507 g/mol. The van der Waals surface area contributed by atoms with Crippen molar-refractivity contribution in [1.82, 2.24) is 0 Å². The summed E-state index contributed by atoms with van der Waals surface area (Å²) in [5.74, 6) is -0.704. The Morgan fingerprint density at radius 2 is 1.77 bits per heavy atom. The van der Waals surface area contributed by atoms with E-state index in [9.17, 15) is 13.2 Å². The van der Waals surface area contributed by atoms with Crippen molar-refractivity contribution in [3.05, 3.63) is 112 Å². The van der Waals surface area contributed by atoms with E-state index in [-0.39, 0.29) is 11.4 Å². The Morgan fingerprint density at radius 3 is 2.43 bits per heavy atom. The number of unbranched alkanes of at least 4 members (excludes halogenated alkanes) is 1. The van der Waals surface area contributed by atoms with Crippen molar-refractivity contribution < 1.29 is 13.2 Å². The maximum Gasteiger partial charge on any atom is 0.270 e. The number of rotatable bonds is 8. The molecule has 1 amide bonds. The number of fused-ring (bicyclic) bond motifs is 1. The topological polar surface area (TPSA) is 66.5 Å². The number of sulfonamides is 1. The quantitative estimate of drug-likeness (QED) is 0.359. The summed E-state index contributed by atoms with van der Waals surface area (Å²) in [6.45, 7) is 5.86. The van der Waals surface area contributed by atoms with Crippen molar-refractivity contribution in [3.8, 4) is 0 Å². The van der Waals surface area contributed by atoms with Crippen LogP contribution in [0.25, 0.3) is 5.57 Å². The van der Waals surface area contributed by atoms with Gasteiger partial charge in [0, 0.05) is 21.8 Å². The Kier molecular flexibility index (Phi) is 7.43. The predicted molar refractivity (Wildman–Crippen MR) is 144 cm³/mol. The fourth-order valence-electron chi connectivity index (χ4n) is 4.18. The fraction of sp³-hybridized carbons (Fsp3) is 0.179. The van der Waals surface area contributed by atoms with E-state index in [1.54, 1.807) is 54.6 Å². The number of carbonyl (C=O) groups is 1. The summed E-state index contributed by atoms with van der Waals surface area (Å²) in [4.78, 5) is 13.3. The van der Waals surface area contributed by atoms with Gasteiger partial charge in [-0.15, -0.1) is 6.58 Å². The summed E-state index contributed by atoms with van der Waals surface area (Å²) in [6, 6.07) is 21.5. The number of nitrogens with one attached hydrogen (secondary N) is 1. The lowest BCUT2D eigenvalue weighted by molar-refractivity contribution is -0.112. The molecule has 0 fully saturated rings. The molecule has 35 heavy (non-hydrogen) atoms. The van der Waals surface area contributed by atoms with Gasteiger partial charge < -0.3 is 5.32 Å². The van der Waals surface area contributed by atoms with Crippen LogP contribution in [0.2, 0.25) is 5.02 Å². The van der Waals surface area contributed by atoms with Gasteiger partial charge in [-0.2, -0.15) is 0 Å². The lowest BCUT2D eigenvalue weighted by atomic mass is 9.95. The lowest BCUT2D eigenvalue weighted by Crippen LogP contribution is -2.39. The van der Waals surface area contributed by atoms with Crippen molar-refractivity contribution in [3.63, 3.8) is 0 Å². The smallest absolute Gasteiger partial charge is 0.270 e. The number of hydrogen-bond donors (Lipinski definition) is 1. The van der Waals surface area contributed by atoms with Crippen LogP contribution in [-0.4, -0.2) is 20.9 Å². The second kappa shape index (κ2) is 10.5. The fourth-order valence-corrected chi connectivity index (χ4v) is 6.06. The molecular weight excluding hydrogens is 480 g/mol. The number of halogens is 1. The molecule has 0 aromatic heterocycles. The Balaban J connectivity index is 1.87. The molecule has 5 nitrogen and oxygen atoms in total. The van der Waals surface area contributed by atoms with E-state index in [0.29, 0.717) is 33.1 Å². The van der Waals surface area contributed by atoms with Crippen LogP contribution in [0.1, 0.15) is 36.5 Å². The van der Waals surface area contributed by atoms with Crippen molar-refractivity contribution in [2.45, 2.75) is 26.2 Å². The molecule has 4 rings (SSSR count). The van der Waals surface area contributed by atoms with E-state index in [1.807, 2.05) is 18.2 Å². The SMILES string of the molecule is C=CCN1c2ccc(Cl)cc2C(c2ccccc2)=C(C(=O)Nc2ccc(CCCC)cc2)S1(=O)=O. The third-order valence-electron chi connectivity index (χ3n) is 5.87. The van der Waals surface area contributed by atoms with Crippen LogP contribution < -0.4 is 9.62 Å². The van der Waals surface area contributed by atoms with Crippen LogP contribution in [0.4, 0.5) is 11.4 Å². The molecule has 0 saturated carbocycles. The van der Waals surface area contributed by atoms with Crippen molar-refractivity contribution >= 4 is 44.5 Å². The number of anilines is 2. The van der Waals surface area contributed by atoms with Gasteiger partial charge in [0.1, 0.15) is 0 Å². The predicted octanol–water partition coefficient (Wildman–Crippen LogP) is 6.42. The van der Waals surface area contributed by atoms with Gasteiger partial charge in [-0.3, -0.25) is 9.10 Å². The van der Waals surface area contributed by atoms with Crippen molar-refractivity contribution in [1.29, 1.82) is 0 Å². The summed E-state index contributed by atoms with van der Waals surface area (Å²) in [6.07, 6.45) is 4.63. The number of aryl methyl sites for hydroxylation is 1. The maximum atomic E-state index is 13.9. The van der Waals surface area contributed by atoms with Gasteiger partial charge >= 0.3 is 0 Å². The molecule has 1 aliphatic heterocycles. The zero-order chi connectivity index (χ0) is 25.0. The first kappa shape index (κ1) is 24.8.